The summed E-state index contributed by atoms with van der Waals surface area (Å²) >= 11 is 0. The average Bonchev–Trinajstić information content (AvgIpc) is 2.74. The lowest BCUT2D eigenvalue weighted by Gasteiger charge is -2.27. The highest BCUT2D eigenvalue weighted by Gasteiger charge is 2.56. The van der Waals surface area contributed by atoms with E-state index in [4.69, 9.17) is 4.74 Å². The average molecular weight is 459 g/mol. The van der Waals surface area contributed by atoms with Gasteiger partial charge in [0.2, 0.25) is 0 Å². The highest BCUT2D eigenvalue weighted by Crippen LogP contribution is 2.38. The molecule has 0 aromatic heterocycles. The predicted octanol–water partition coefficient (Wildman–Crippen LogP) is 5.93. The van der Waals surface area contributed by atoms with Gasteiger partial charge in [-0.15, -0.1) is 0 Å². The summed E-state index contributed by atoms with van der Waals surface area (Å²) < 4.78 is 67.7. The van der Waals surface area contributed by atoms with Crippen LogP contribution in [0.4, 0.5) is 22.0 Å². The number of hydrogen-bond donors (Lipinski definition) is 2. The number of carboxylic acids is 1. The van der Waals surface area contributed by atoms with Crippen LogP contribution >= 0.6 is 0 Å². The fourth-order valence-corrected chi connectivity index (χ4v) is 3.96. The number of nitrogens with one attached hydrogen (secondary N) is 1. The van der Waals surface area contributed by atoms with Crippen LogP contribution in [0.2, 0.25) is 0 Å². The smallest absolute Gasteiger partial charge is 0.453 e. The summed E-state index contributed by atoms with van der Waals surface area (Å²) in [5.41, 5.74) is 1.04. The van der Waals surface area contributed by atoms with Crippen LogP contribution in [0, 0.1) is 5.92 Å². The van der Waals surface area contributed by atoms with Gasteiger partial charge in [0.1, 0.15) is 5.75 Å². The van der Waals surface area contributed by atoms with Crippen molar-refractivity contribution in [2.24, 2.45) is 5.92 Å². The van der Waals surface area contributed by atoms with E-state index in [0.29, 0.717) is 18.7 Å². The number of hydrogen-bond acceptors (Lipinski definition) is 3. The van der Waals surface area contributed by atoms with E-state index in [1.807, 2.05) is 18.2 Å². The van der Waals surface area contributed by atoms with Crippen LogP contribution in [0.3, 0.4) is 0 Å². The lowest BCUT2D eigenvalue weighted by Crippen LogP contribution is -2.36. The van der Waals surface area contributed by atoms with Crippen LogP contribution in [0.1, 0.15) is 44.1 Å². The van der Waals surface area contributed by atoms with Gasteiger partial charge in [0.05, 0.1) is 12.5 Å². The lowest BCUT2D eigenvalue weighted by atomic mass is 9.85. The number of carboxylic acid groups (broad SMARTS) is 1. The zero-order chi connectivity index (χ0) is 23.4. The maximum Gasteiger partial charge on any atom is 0.453 e. The number of benzene rings is 2. The van der Waals surface area contributed by atoms with Crippen molar-refractivity contribution >= 4 is 16.7 Å². The third kappa shape index (κ3) is 6.31. The first-order valence-corrected chi connectivity index (χ1v) is 10.6. The summed E-state index contributed by atoms with van der Waals surface area (Å²) in [4.78, 5) is 11.2. The van der Waals surface area contributed by atoms with Crippen molar-refractivity contribution in [3.05, 3.63) is 42.0 Å². The molecule has 0 amide bonds. The Bertz CT molecular complexity index is 931. The van der Waals surface area contributed by atoms with E-state index in [0.717, 1.165) is 35.6 Å². The van der Waals surface area contributed by atoms with Gasteiger partial charge in [-0.1, -0.05) is 24.6 Å². The SMILES string of the molecule is O=C(O)C1CCCC(NCc2ccc3cc(OCCCC(F)(F)C(F)(F)F)ccc3c2)C1. The molecule has 2 N–H and O–H groups in total. The van der Waals surface area contributed by atoms with Gasteiger partial charge in [-0.25, -0.2) is 0 Å². The zero-order valence-electron chi connectivity index (χ0n) is 17.4. The van der Waals surface area contributed by atoms with Crippen molar-refractivity contribution in [1.29, 1.82) is 0 Å². The minimum Gasteiger partial charge on any atom is -0.494 e. The topological polar surface area (TPSA) is 58.6 Å². The van der Waals surface area contributed by atoms with Crippen LogP contribution in [-0.2, 0) is 11.3 Å². The fraction of sp³-hybridized carbons (Fsp3) is 0.522. The maximum atomic E-state index is 12.9. The molecule has 0 spiro atoms. The molecular weight excluding hydrogens is 433 g/mol. The van der Waals surface area contributed by atoms with Crippen LogP contribution in [0.15, 0.2) is 36.4 Å². The Balaban J connectivity index is 1.51. The maximum absolute atomic E-state index is 12.9. The van der Waals surface area contributed by atoms with Crippen LogP contribution in [0.5, 0.6) is 5.75 Å². The van der Waals surface area contributed by atoms with Crippen molar-refractivity contribution in [1.82, 2.24) is 5.32 Å². The van der Waals surface area contributed by atoms with Crippen LogP contribution in [0.25, 0.3) is 10.8 Å². The van der Waals surface area contributed by atoms with Crippen LogP contribution < -0.4 is 10.1 Å². The van der Waals surface area contributed by atoms with E-state index >= 15 is 0 Å². The van der Waals surface area contributed by atoms with E-state index in [1.165, 1.54) is 0 Å². The minimum absolute atomic E-state index is 0.168. The molecule has 1 aliphatic rings. The number of alkyl halides is 5. The van der Waals surface area contributed by atoms with Crippen LogP contribution in [-0.4, -0.2) is 35.8 Å². The highest BCUT2D eigenvalue weighted by molar-refractivity contribution is 5.84. The van der Waals surface area contributed by atoms with Gasteiger partial charge in [0.25, 0.3) is 0 Å². The third-order valence-electron chi connectivity index (χ3n) is 5.81. The van der Waals surface area contributed by atoms with Crippen molar-refractivity contribution in [3.63, 3.8) is 0 Å². The number of halogens is 5. The molecule has 1 fully saturated rings. The predicted molar refractivity (Wildman–Crippen MR) is 110 cm³/mol. The summed E-state index contributed by atoms with van der Waals surface area (Å²) in [5, 5.41) is 14.4. The molecule has 9 heteroatoms. The van der Waals surface area contributed by atoms with Gasteiger partial charge in [-0.2, -0.15) is 22.0 Å². The van der Waals surface area contributed by atoms with E-state index in [2.05, 4.69) is 5.32 Å². The van der Waals surface area contributed by atoms with E-state index in [1.54, 1.807) is 18.2 Å². The summed E-state index contributed by atoms with van der Waals surface area (Å²) in [6, 6.07) is 11.2. The first-order chi connectivity index (χ1) is 15.0. The fourth-order valence-electron chi connectivity index (χ4n) is 3.96. The van der Waals surface area contributed by atoms with E-state index < -0.39 is 30.9 Å². The Morgan fingerprint density at radius 2 is 1.78 bits per heavy atom. The minimum atomic E-state index is -5.54. The molecule has 1 aliphatic carbocycles. The quantitative estimate of drug-likeness (QED) is 0.361. The van der Waals surface area contributed by atoms with Crippen molar-refractivity contribution < 1.29 is 36.6 Å². The van der Waals surface area contributed by atoms with Gasteiger partial charge < -0.3 is 15.2 Å². The van der Waals surface area contributed by atoms with Crippen molar-refractivity contribution in [3.8, 4) is 5.75 Å². The molecule has 0 radical (unpaired) electrons. The molecule has 4 nitrogen and oxygen atoms in total. The summed E-state index contributed by atoms with van der Waals surface area (Å²) in [6.07, 6.45) is -4.09. The first-order valence-electron chi connectivity index (χ1n) is 10.6. The summed E-state index contributed by atoms with van der Waals surface area (Å²) in [6.45, 7) is 0.372. The molecule has 0 aliphatic heterocycles. The van der Waals surface area contributed by atoms with Crippen molar-refractivity contribution in [2.75, 3.05) is 6.61 Å². The molecule has 0 saturated heterocycles. The second-order valence-corrected chi connectivity index (χ2v) is 8.28. The monoisotopic (exact) mass is 459 g/mol. The number of ether oxygens (including phenoxy) is 1. The third-order valence-corrected chi connectivity index (χ3v) is 5.81. The molecule has 3 rings (SSSR count). The summed E-state index contributed by atoms with van der Waals surface area (Å²) in [5.74, 6) is -5.35. The largest absolute Gasteiger partial charge is 0.494 e. The molecule has 176 valence electrons. The zero-order valence-corrected chi connectivity index (χ0v) is 17.4. The second kappa shape index (κ2) is 10.0. The van der Waals surface area contributed by atoms with Gasteiger partial charge in [0.15, 0.2) is 0 Å². The standard InChI is InChI=1S/C23H26F5NO3/c24-22(25,23(26,27)28)9-2-10-32-20-8-7-16-11-15(5-6-17(16)13-20)14-29-19-4-1-3-18(12-19)21(30)31/h5-8,11,13,18-19,29H,1-4,9-10,12,14H2,(H,30,31). The van der Waals surface area contributed by atoms with Crippen molar-refractivity contribution in [2.45, 2.75) is 63.2 Å². The number of aliphatic carboxylic acids is 1. The molecule has 1 saturated carbocycles. The first kappa shape index (κ1) is 24.2. The Hall–Kier alpha value is -2.42. The highest BCUT2D eigenvalue weighted by atomic mass is 19.4. The molecule has 2 aromatic rings. The lowest BCUT2D eigenvalue weighted by molar-refractivity contribution is -0.284. The molecule has 2 unspecified atom stereocenters. The van der Waals surface area contributed by atoms with Gasteiger partial charge >= 0.3 is 18.1 Å². The Morgan fingerprint density at radius 1 is 1.06 bits per heavy atom. The molecule has 0 bridgehead atoms. The Morgan fingerprint density at radius 3 is 2.50 bits per heavy atom. The normalized spacial score (nSPS) is 19.8. The number of rotatable bonds is 9. The molecule has 2 atom stereocenters. The van der Waals surface area contributed by atoms with E-state index in [-0.39, 0.29) is 18.6 Å². The number of fused-ring (bicyclic) bond motifs is 1. The Labute approximate surface area is 182 Å². The molecular formula is C23H26F5NO3. The Kier molecular flexibility index (Phi) is 7.59. The molecule has 0 heterocycles. The van der Waals surface area contributed by atoms with Gasteiger partial charge in [0, 0.05) is 19.0 Å². The summed E-state index contributed by atoms with van der Waals surface area (Å²) in [7, 11) is 0. The van der Waals surface area contributed by atoms with E-state index in [9.17, 15) is 31.9 Å². The second-order valence-electron chi connectivity index (χ2n) is 8.28. The molecule has 32 heavy (non-hydrogen) atoms. The number of carbonyl (C=O) groups is 1. The van der Waals surface area contributed by atoms with Gasteiger partial charge in [-0.3, -0.25) is 4.79 Å². The molecule has 2 aromatic carbocycles. The van der Waals surface area contributed by atoms with Gasteiger partial charge in [-0.05, 0) is 60.2 Å².